The maximum atomic E-state index is 12.2. The second-order valence-electron chi connectivity index (χ2n) is 6.60. The van der Waals surface area contributed by atoms with Gasteiger partial charge in [0, 0.05) is 17.7 Å². The van der Waals surface area contributed by atoms with Crippen LogP contribution in [0.2, 0.25) is 0 Å². The first kappa shape index (κ1) is 18.6. The molecule has 7 heteroatoms. The van der Waals surface area contributed by atoms with E-state index in [1.54, 1.807) is 18.2 Å². The van der Waals surface area contributed by atoms with Gasteiger partial charge in [-0.15, -0.1) is 0 Å². The third-order valence-electron chi connectivity index (χ3n) is 4.52. The Labute approximate surface area is 156 Å². The lowest BCUT2D eigenvalue weighted by Gasteiger charge is -2.24. The van der Waals surface area contributed by atoms with Crippen LogP contribution in [0.25, 0.3) is 0 Å². The van der Waals surface area contributed by atoms with E-state index in [4.69, 9.17) is 0 Å². The third-order valence-corrected chi connectivity index (χ3v) is 4.52. The van der Waals surface area contributed by atoms with Crippen molar-refractivity contribution in [2.24, 2.45) is 0 Å². The number of hydrogen-bond acceptors (Lipinski definition) is 4. The predicted molar refractivity (Wildman–Crippen MR) is 102 cm³/mol. The second-order valence-corrected chi connectivity index (χ2v) is 6.60. The van der Waals surface area contributed by atoms with E-state index in [2.05, 4.69) is 27.2 Å². The van der Waals surface area contributed by atoms with Crippen molar-refractivity contribution in [2.45, 2.75) is 38.1 Å². The largest absolute Gasteiger partial charge is 0.350 e. The molecular formula is C20H22N4O3. The molecule has 27 heavy (non-hydrogen) atoms. The van der Waals surface area contributed by atoms with Crippen molar-refractivity contribution in [2.75, 3.05) is 5.32 Å². The quantitative estimate of drug-likeness (QED) is 0.652. The minimum atomic E-state index is -0.306. The number of hydrogen-bond donors (Lipinski definition) is 3. The monoisotopic (exact) mass is 366 g/mol. The van der Waals surface area contributed by atoms with Crippen LogP contribution >= 0.6 is 0 Å². The minimum Gasteiger partial charge on any atom is -0.350 e. The van der Waals surface area contributed by atoms with E-state index >= 15 is 0 Å². The highest BCUT2D eigenvalue weighted by Gasteiger charge is 2.22. The number of benzene rings is 1. The zero-order chi connectivity index (χ0) is 19.2. The molecule has 1 aliphatic rings. The molecule has 1 saturated carbocycles. The minimum absolute atomic E-state index is 0.163. The van der Waals surface area contributed by atoms with Gasteiger partial charge in [-0.25, -0.2) is 4.98 Å². The van der Waals surface area contributed by atoms with Crippen molar-refractivity contribution in [1.29, 1.82) is 0 Å². The van der Waals surface area contributed by atoms with Gasteiger partial charge in [-0.1, -0.05) is 25.1 Å². The summed E-state index contributed by atoms with van der Waals surface area (Å²) in [6, 6.07) is 8.47. The number of aromatic amines is 1. The van der Waals surface area contributed by atoms with Crippen molar-refractivity contribution in [3.8, 4) is 0 Å². The van der Waals surface area contributed by atoms with Crippen molar-refractivity contribution in [3.05, 3.63) is 70.4 Å². The maximum absolute atomic E-state index is 12.2. The topological polar surface area (TPSA) is 104 Å². The Kier molecular flexibility index (Phi) is 5.80. The first-order valence-electron chi connectivity index (χ1n) is 8.92. The zero-order valence-corrected chi connectivity index (χ0v) is 15.0. The van der Waals surface area contributed by atoms with Crippen LogP contribution in [0.15, 0.2) is 47.8 Å². The van der Waals surface area contributed by atoms with Gasteiger partial charge in [0.05, 0.1) is 18.7 Å². The molecule has 1 aromatic heterocycles. The van der Waals surface area contributed by atoms with Crippen molar-refractivity contribution >= 4 is 17.5 Å². The number of carbonyl (C=O) groups excluding carboxylic acids is 2. The highest BCUT2D eigenvalue weighted by Crippen LogP contribution is 2.33. The molecule has 1 heterocycles. The van der Waals surface area contributed by atoms with Crippen molar-refractivity contribution in [1.82, 2.24) is 15.3 Å². The summed E-state index contributed by atoms with van der Waals surface area (Å²) < 4.78 is 0. The summed E-state index contributed by atoms with van der Waals surface area (Å²) in [4.78, 5) is 42.6. The van der Waals surface area contributed by atoms with E-state index < -0.39 is 0 Å². The van der Waals surface area contributed by atoms with Crippen molar-refractivity contribution in [3.63, 3.8) is 0 Å². The number of H-pyrrole nitrogens is 1. The molecule has 0 atom stereocenters. The Morgan fingerprint density at radius 3 is 2.81 bits per heavy atom. The Bertz CT molecular complexity index is 915. The van der Waals surface area contributed by atoms with Crippen LogP contribution in [0.3, 0.4) is 0 Å². The molecule has 1 aromatic carbocycles. The first-order valence-corrected chi connectivity index (χ1v) is 8.92. The van der Waals surface area contributed by atoms with E-state index in [1.807, 2.05) is 6.07 Å². The molecular weight excluding hydrogens is 344 g/mol. The molecule has 0 bridgehead atoms. The lowest BCUT2D eigenvalue weighted by molar-refractivity contribution is -0.120. The molecule has 3 rings (SSSR count). The Balaban J connectivity index is 1.58. The second kappa shape index (κ2) is 8.44. The van der Waals surface area contributed by atoms with Crippen LogP contribution in [0, 0.1) is 0 Å². The van der Waals surface area contributed by atoms with Gasteiger partial charge in [0.25, 0.3) is 5.56 Å². The Morgan fingerprint density at radius 1 is 1.30 bits per heavy atom. The van der Waals surface area contributed by atoms with Gasteiger partial charge in [0.15, 0.2) is 0 Å². The average molecular weight is 366 g/mol. The van der Waals surface area contributed by atoms with Gasteiger partial charge in [-0.05, 0) is 36.6 Å². The normalized spacial score (nSPS) is 13.5. The summed E-state index contributed by atoms with van der Waals surface area (Å²) in [6.07, 6.45) is 4.58. The van der Waals surface area contributed by atoms with Gasteiger partial charge < -0.3 is 15.6 Å². The SMILES string of the molecule is C=CC(=O)Nc1cccc(CC(=O)NCc2cc(=O)[nH]c(C3CCC3)n2)c1. The molecule has 2 amide bonds. The summed E-state index contributed by atoms with van der Waals surface area (Å²) in [6.45, 7) is 3.61. The van der Waals surface area contributed by atoms with E-state index in [9.17, 15) is 14.4 Å². The van der Waals surface area contributed by atoms with E-state index in [0.717, 1.165) is 24.8 Å². The van der Waals surface area contributed by atoms with Gasteiger partial charge in [-0.2, -0.15) is 0 Å². The van der Waals surface area contributed by atoms with E-state index in [-0.39, 0.29) is 30.3 Å². The molecule has 0 saturated heterocycles. The molecule has 1 aliphatic carbocycles. The summed E-state index contributed by atoms with van der Waals surface area (Å²) >= 11 is 0. The standard InChI is InChI=1S/C20H22N4O3/c1-2-17(25)22-15-8-3-5-13(9-15)10-18(26)21-12-16-11-19(27)24-20(23-16)14-6-4-7-14/h2-3,5,8-9,11,14H,1,4,6-7,10,12H2,(H,21,26)(H,22,25)(H,23,24,27). The van der Waals surface area contributed by atoms with Gasteiger partial charge in [-0.3, -0.25) is 14.4 Å². The fourth-order valence-corrected chi connectivity index (χ4v) is 2.88. The number of anilines is 1. The predicted octanol–water partition coefficient (Wildman–Crippen LogP) is 2.02. The molecule has 0 unspecified atom stereocenters. The van der Waals surface area contributed by atoms with E-state index in [1.165, 1.54) is 12.1 Å². The molecule has 0 radical (unpaired) electrons. The summed E-state index contributed by atoms with van der Waals surface area (Å²) in [5.74, 6) is 0.541. The number of amides is 2. The molecule has 1 fully saturated rings. The molecule has 0 aliphatic heterocycles. The lowest BCUT2D eigenvalue weighted by atomic mass is 9.85. The number of carbonyl (C=O) groups is 2. The number of nitrogens with zero attached hydrogens (tertiary/aromatic N) is 1. The highest BCUT2D eigenvalue weighted by molar-refractivity contribution is 5.98. The Hall–Kier alpha value is -3.22. The van der Waals surface area contributed by atoms with Crippen LogP contribution < -0.4 is 16.2 Å². The number of aromatic nitrogens is 2. The van der Waals surface area contributed by atoms with Crippen LogP contribution in [-0.2, 0) is 22.6 Å². The average Bonchev–Trinajstić information content (AvgIpc) is 2.58. The number of rotatable bonds is 7. The fraction of sp³-hybridized carbons (Fsp3) is 0.300. The van der Waals surface area contributed by atoms with E-state index in [0.29, 0.717) is 23.1 Å². The lowest BCUT2D eigenvalue weighted by Crippen LogP contribution is -2.27. The molecule has 7 nitrogen and oxygen atoms in total. The zero-order valence-electron chi connectivity index (χ0n) is 15.0. The van der Waals surface area contributed by atoms with Crippen LogP contribution in [-0.4, -0.2) is 21.8 Å². The van der Waals surface area contributed by atoms with Gasteiger partial charge in [0.2, 0.25) is 11.8 Å². The Morgan fingerprint density at radius 2 is 2.11 bits per heavy atom. The smallest absolute Gasteiger partial charge is 0.251 e. The summed E-state index contributed by atoms with van der Waals surface area (Å²) in [7, 11) is 0. The van der Waals surface area contributed by atoms with Crippen LogP contribution in [0.1, 0.15) is 42.3 Å². The van der Waals surface area contributed by atoms with Crippen LogP contribution in [0.5, 0.6) is 0 Å². The highest BCUT2D eigenvalue weighted by atomic mass is 16.2. The molecule has 2 aromatic rings. The molecule has 140 valence electrons. The van der Waals surface area contributed by atoms with Crippen LogP contribution in [0.4, 0.5) is 5.69 Å². The molecule has 3 N–H and O–H groups in total. The molecule has 0 spiro atoms. The number of nitrogens with one attached hydrogen (secondary N) is 3. The third kappa shape index (κ3) is 5.13. The first-order chi connectivity index (χ1) is 13.0. The van der Waals surface area contributed by atoms with Gasteiger partial charge >= 0.3 is 0 Å². The summed E-state index contributed by atoms with van der Waals surface area (Å²) in [5.41, 5.74) is 1.73. The van der Waals surface area contributed by atoms with Gasteiger partial charge in [0.1, 0.15) is 5.82 Å². The summed E-state index contributed by atoms with van der Waals surface area (Å²) in [5, 5.41) is 5.45. The fourth-order valence-electron chi connectivity index (χ4n) is 2.88. The van der Waals surface area contributed by atoms with Crippen molar-refractivity contribution < 1.29 is 9.59 Å². The maximum Gasteiger partial charge on any atom is 0.251 e.